The highest BCUT2D eigenvalue weighted by Gasteiger charge is 2.32. The van der Waals surface area contributed by atoms with Crippen molar-refractivity contribution >= 4 is 33.6 Å². The number of carbonyl (C=O) groups is 2. The zero-order chi connectivity index (χ0) is 21.7. The Balaban J connectivity index is 1.80. The monoisotopic (exact) mass is 467 g/mol. The van der Waals surface area contributed by atoms with Crippen molar-refractivity contribution in [2.75, 3.05) is 13.7 Å². The maximum Gasteiger partial charge on any atom is 0.351 e. The second-order valence-corrected chi connectivity index (χ2v) is 7.24. The zero-order valence-corrected chi connectivity index (χ0v) is 17.8. The fourth-order valence-electron chi connectivity index (χ4n) is 2.99. The molecule has 8 heteroatoms. The van der Waals surface area contributed by atoms with Gasteiger partial charge in [-0.05, 0) is 39.7 Å². The predicted octanol–water partition coefficient (Wildman–Crippen LogP) is 4.04. The van der Waals surface area contributed by atoms with Crippen LogP contribution in [0, 0.1) is 11.3 Å². The minimum Gasteiger partial charge on any atom is -0.493 e. The normalized spacial score (nSPS) is 13.1. The Bertz CT molecular complexity index is 1090. The third kappa shape index (κ3) is 4.42. The summed E-state index contributed by atoms with van der Waals surface area (Å²) >= 11 is 3.48. The molecule has 1 aliphatic heterocycles. The molecule has 0 bridgehead atoms. The fraction of sp³-hybridized carbons (Fsp3) is 0.182. The maximum atomic E-state index is 12.4. The van der Waals surface area contributed by atoms with Gasteiger partial charge in [0.1, 0.15) is 12.3 Å². The highest BCUT2D eigenvalue weighted by Crippen LogP contribution is 2.37. The van der Waals surface area contributed by atoms with Gasteiger partial charge < -0.3 is 9.47 Å². The van der Waals surface area contributed by atoms with Gasteiger partial charge in [0.25, 0.3) is 5.91 Å². The number of halogens is 1. The summed E-state index contributed by atoms with van der Waals surface area (Å²) in [6.07, 6.45) is 1.65. The molecule has 0 fully saturated rings. The Morgan fingerprint density at radius 3 is 2.77 bits per heavy atom. The molecule has 0 atom stereocenters. The number of methoxy groups -OCH3 is 1. The summed E-state index contributed by atoms with van der Waals surface area (Å²) in [7, 11) is 1.51. The van der Waals surface area contributed by atoms with E-state index in [1.54, 1.807) is 24.3 Å². The number of aliphatic imine (C=N–C) groups is 1. The molecule has 0 aromatic heterocycles. The standard InChI is InChI=1S/C22H18BrN3O4/c1-3-8-26-21(27)18(25-22(26)28)10-14-9-17(23)20(19(11-14)29-2)30-13-16-7-5-4-6-15(16)12-24/h3-7,9,11H,1,8,10,13H2,2H3. The van der Waals surface area contributed by atoms with E-state index in [9.17, 15) is 14.9 Å². The molecule has 0 unspecified atom stereocenters. The summed E-state index contributed by atoms with van der Waals surface area (Å²) in [6, 6.07) is 12.2. The van der Waals surface area contributed by atoms with Crippen LogP contribution in [0.4, 0.5) is 4.79 Å². The smallest absolute Gasteiger partial charge is 0.351 e. The molecule has 0 saturated heterocycles. The van der Waals surface area contributed by atoms with E-state index in [2.05, 4.69) is 33.6 Å². The SMILES string of the molecule is C=CCN1C(=O)N=C(Cc2cc(Br)c(OCc3ccccc3C#N)c(OC)c2)C1=O. The molecule has 1 aliphatic rings. The van der Waals surface area contributed by atoms with Crippen LogP contribution in [-0.4, -0.2) is 36.2 Å². The van der Waals surface area contributed by atoms with E-state index in [-0.39, 0.29) is 25.3 Å². The van der Waals surface area contributed by atoms with E-state index in [0.29, 0.717) is 21.5 Å². The Morgan fingerprint density at radius 1 is 1.30 bits per heavy atom. The average molecular weight is 468 g/mol. The summed E-state index contributed by atoms with van der Waals surface area (Å²) in [4.78, 5) is 29.1. The topological polar surface area (TPSA) is 92.0 Å². The van der Waals surface area contributed by atoms with Crippen molar-refractivity contribution in [2.45, 2.75) is 13.0 Å². The van der Waals surface area contributed by atoms with Crippen LogP contribution in [0.5, 0.6) is 11.5 Å². The number of benzene rings is 2. The lowest BCUT2D eigenvalue weighted by Crippen LogP contribution is -2.33. The van der Waals surface area contributed by atoms with Crippen molar-refractivity contribution < 1.29 is 19.1 Å². The second kappa shape index (κ2) is 9.37. The summed E-state index contributed by atoms with van der Waals surface area (Å²) in [5.74, 6) is 0.496. The lowest BCUT2D eigenvalue weighted by atomic mass is 10.1. The van der Waals surface area contributed by atoms with Gasteiger partial charge in [-0.15, -0.1) is 6.58 Å². The van der Waals surface area contributed by atoms with Crippen LogP contribution in [0.1, 0.15) is 16.7 Å². The summed E-state index contributed by atoms with van der Waals surface area (Å²) < 4.78 is 12.0. The van der Waals surface area contributed by atoms with Gasteiger partial charge in [0, 0.05) is 18.5 Å². The van der Waals surface area contributed by atoms with E-state index in [4.69, 9.17) is 9.47 Å². The van der Waals surface area contributed by atoms with Crippen LogP contribution in [-0.2, 0) is 17.8 Å². The number of imide groups is 1. The minimum absolute atomic E-state index is 0.120. The number of amides is 3. The van der Waals surface area contributed by atoms with Gasteiger partial charge in [-0.2, -0.15) is 10.3 Å². The Kier molecular flexibility index (Phi) is 6.65. The second-order valence-electron chi connectivity index (χ2n) is 6.39. The van der Waals surface area contributed by atoms with Gasteiger partial charge >= 0.3 is 6.03 Å². The number of nitrogens with zero attached hydrogens (tertiary/aromatic N) is 3. The first-order valence-corrected chi connectivity index (χ1v) is 9.79. The molecule has 7 nitrogen and oxygen atoms in total. The Hall–Kier alpha value is -3.44. The van der Waals surface area contributed by atoms with E-state index in [1.807, 2.05) is 12.1 Å². The molecule has 3 amide bonds. The van der Waals surface area contributed by atoms with Crippen molar-refractivity contribution in [3.05, 3.63) is 70.2 Å². The highest BCUT2D eigenvalue weighted by atomic mass is 79.9. The number of ether oxygens (including phenoxy) is 2. The van der Waals surface area contributed by atoms with Crippen LogP contribution >= 0.6 is 15.9 Å². The van der Waals surface area contributed by atoms with Crippen molar-refractivity contribution in [3.63, 3.8) is 0 Å². The number of hydrogen-bond donors (Lipinski definition) is 0. The molecule has 0 aliphatic carbocycles. The summed E-state index contributed by atoms with van der Waals surface area (Å²) in [6.45, 7) is 3.85. The van der Waals surface area contributed by atoms with Gasteiger partial charge in [-0.1, -0.05) is 24.3 Å². The third-order valence-corrected chi connectivity index (χ3v) is 5.02. The minimum atomic E-state index is -0.586. The molecule has 0 radical (unpaired) electrons. The van der Waals surface area contributed by atoms with Crippen LogP contribution in [0.3, 0.4) is 0 Å². The van der Waals surface area contributed by atoms with E-state index in [0.717, 1.165) is 16.0 Å². The molecule has 0 N–H and O–H groups in total. The van der Waals surface area contributed by atoms with Crippen molar-refractivity contribution in [1.29, 1.82) is 5.26 Å². The molecule has 0 spiro atoms. The number of carbonyl (C=O) groups excluding carboxylic acids is 2. The quantitative estimate of drug-likeness (QED) is 0.546. The molecular formula is C22H18BrN3O4. The van der Waals surface area contributed by atoms with E-state index in [1.165, 1.54) is 13.2 Å². The fourth-order valence-corrected chi connectivity index (χ4v) is 3.59. The largest absolute Gasteiger partial charge is 0.493 e. The van der Waals surface area contributed by atoms with Gasteiger partial charge in [0.15, 0.2) is 11.5 Å². The Labute approximate surface area is 182 Å². The average Bonchev–Trinajstić information content (AvgIpc) is 3.00. The molecule has 152 valence electrons. The third-order valence-electron chi connectivity index (χ3n) is 4.44. The van der Waals surface area contributed by atoms with Crippen LogP contribution in [0.25, 0.3) is 0 Å². The van der Waals surface area contributed by atoms with Gasteiger partial charge in [0.05, 0.1) is 23.2 Å². The maximum absolute atomic E-state index is 12.4. The predicted molar refractivity (Wildman–Crippen MR) is 115 cm³/mol. The molecule has 2 aromatic carbocycles. The molecule has 2 aromatic rings. The van der Waals surface area contributed by atoms with Gasteiger partial charge in [0.2, 0.25) is 0 Å². The molecular weight excluding hydrogens is 450 g/mol. The zero-order valence-electron chi connectivity index (χ0n) is 16.2. The number of rotatable bonds is 8. The lowest BCUT2D eigenvalue weighted by molar-refractivity contribution is -0.120. The number of urea groups is 1. The lowest BCUT2D eigenvalue weighted by Gasteiger charge is -2.15. The van der Waals surface area contributed by atoms with Crippen molar-refractivity contribution in [2.24, 2.45) is 4.99 Å². The summed E-state index contributed by atoms with van der Waals surface area (Å²) in [5, 5.41) is 9.22. The van der Waals surface area contributed by atoms with Gasteiger partial charge in [-0.3, -0.25) is 9.69 Å². The summed E-state index contributed by atoms with van der Waals surface area (Å²) in [5.41, 5.74) is 2.18. The first-order valence-electron chi connectivity index (χ1n) is 9.00. The van der Waals surface area contributed by atoms with Crippen molar-refractivity contribution in [1.82, 2.24) is 4.90 Å². The van der Waals surface area contributed by atoms with Crippen molar-refractivity contribution in [3.8, 4) is 17.6 Å². The van der Waals surface area contributed by atoms with E-state index >= 15 is 0 Å². The van der Waals surface area contributed by atoms with E-state index < -0.39 is 11.9 Å². The molecule has 0 saturated carbocycles. The van der Waals surface area contributed by atoms with Crippen LogP contribution in [0.2, 0.25) is 0 Å². The molecule has 1 heterocycles. The number of hydrogen-bond acceptors (Lipinski definition) is 5. The Morgan fingerprint density at radius 2 is 2.07 bits per heavy atom. The van der Waals surface area contributed by atoms with Crippen LogP contribution in [0.15, 0.2) is 58.5 Å². The highest BCUT2D eigenvalue weighted by molar-refractivity contribution is 9.10. The molecule has 3 rings (SSSR count). The van der Waals surface area contributed by atoms with Gasteiger partial charge in [-0.25, -0.2) is 4.79 Å². The first-order chi connectivity index (χ1) is 14.5. The number of nitriles is 1. The van der Waals surface area contributed by atoms with Crippen LogP contribution < -0.4 is 9.47 Å². The molecule has 30 heavy (non-hydrogen) atoms. The first kappa shape index (κ1) is 21.3.